The number of hydrogen-bond donors (Lipinski definition) is 1. The maximum Gasteiger partial charge on any atom is 0.313 e. The highest BCUT2D eigenvalue weighted by Gasteiger charge is 2.31. The number of likely N-dealkylation sites (tertiary alicyclic amines) is 1. The molecule has 1 aromatic heterocycles. The van der Waals surface area contributed by atoms with Crippen molar-refractivity contribution >= 4 is 17.5 Å². The van der Waals surface area contributed by atoms with E-state index >= 15 is 0 Å². The summed E-state index contributed by atoms with van der Waals surface area (Å²) < 4.78 is 5.22. The van der Waals surface area contributed by atoms with Gasteiger partial charge in [0, 0.05) is 18.8 Å². The quantitative estimate of drug-likeness (QED) is 0.846. The van der Waals surface area contributed by atoms with Crippen molar-refractivity contribution in [3.8, 4) is 0 Å². The van der Waals surface area contributed by atoms with Gasteiger partial charge in [-0.1, -0.05) is 22.9 Å². The predicted molar refractivity (Wildman–Crippen MR) is 92.1 cm³/mol. The highest BCUT2D eigenvalue weighted by molar-refractivity contribution is 6.39. The van der Waals surface area contributed by atoms with E-state index in [1.165, 1.54) is 0 Å². The van der Waals surface area contributed by atoms with Crippen molar-refractivity contribution in [3.05, 3.63) is 41.0 Å². The fraction of sp³-hybridized carbons (Fsp3) is 0.444. The summed E-state index contributed by atoms with van der Waals surface area (Å²) in [6, 6.07) is 5.69. The normalized spacial score (nSPS) is 17.4. The average molecular weight is 342 g/mol. The monoisotopic (exact) mass is 342 g/mol. The van der Waals surface area contributed by atoms with E-state index in [4.69, 9.17) is 4.52 Å². The molecule has 1 aliphatic rings. The van der Waals surface area contributed by atoms with Gasteiger partial charge < -0.3 is 14.7 Å². The third-order valence-electron chi connectivity index (χ3n) is 4.43. The fourth-order valence-electron chi connectivity index (χ4n) is 3.12. The topological polar surface area (TPSA) is 88.3 Å². The molecule has 7 heteroatoms. The SMILES string of the molecule is Cc1ccc(NC(=O)C(=O)N2CCCC(c3nc(C)no3)C2)c(C)c1. The molecular weight excluding hydrogens is 320 g/mol. The van der Waals surface area contributed by atoms with Crippen LogP contribution in [0.25, 0.3) is 0 Å². The summed E-state index contributed by atoms with van der Waals surface area (Å²) in [5.41, 5.74) is 2.69. The molecule has 3 rings (SSSR count). The first-order valence-corrected chi connectivity index (χ1v) is 8.42. The minimum absolute atomic E-state index is 0.0205. The van der Waals surface area contributed by atoms with Crippen LogP contribution in [0.1, 0.15) is 41.6 Å². The highest BCUT2D eigenvalue weighted by Crippen LogP contribution is 2.26. The molecular formula is C18H22N4O3. The van der Waals surface area contributed by atoms with Crippen LogP contribution in [-0.4, -0.2) is 39.9 Å². The van der Waals surface area contributed by atoms with Gasteiger partial charge in [-0.25, -0.2) is 0 Å². The summed E-state index contributed by atoms with van der Waals surface area (Å²) in [5.74, 6) is -0.0566. The number of hydrogen-bond acceptors (Lipinski definition) is 5. The Balaban J connectivity index is 1.66. The van der Waals surface area contributed by atoms with Gasteiger partial charge in [0.15, 0.2) is 5.82 Å². The molecule has 0 spiro atoms. The van der Waals surface area contributed by atoms with Crippen LogP contribution >= 0.6 is 0 Å². The Labute approximate surface area is 146 Å². The molecule has 2 amide bonds. The van der Waals surface area contributed by atoms with Crippen LogP contribution in [0, 0.1) is 20.8 Å². The summed E-state index contributed by atoms with van der Waals surface area (Å²) >= 11 is 0. The average Bonchev–Trinajstić information content (AvgIpc) is 3.03. The summed E-state index contributed by atoms with van der Waals surface area (Å²) in [7, 11) is 0. The van der Waals surface area contributed by atoms with Crippen LogP contribution in [0.3, 0.4) is 0 Å². The van der Waals surface area contributed by atoms with Gasteiger partial charge in [-0.2, -0.15) is 4.98 Å². The summed E-state index contributed by atoms with van der Waals surface area (Å²) in [6.45, 7) is 6.62. The molecule has 1 aliphatic heterocycles. The van der Waals surface area contributed by atoms with Crippen molar-refractivity contribution in [3.63, 3.8) is 0 Å². The molecule has 1 N–H and O–H groups in total. The van der Waals surface area contributed by atoms with Crippen LogP contribution in [0.5, 0.6) is 0 Å². The standard InChI is InChI=1S/C18H22N4O3/c1-11-6-7-15(12(2)9-11)20-16(23)18(24)22-8-4-5-14(10-22)17-19-13(3)21-25-17/h6-7,9,14H,4-5,8,10H2,1-3H3,(H,20,23). The molecule has 0 saturated carbocycles. The predicted octanol–water partition coefficient (Wildman–Crippen LogP) is 2.34. The third kappa shape index (κ3) is 3.87. The van der Waals surface area contributed by atoms with Gasteiger partial charge >= 0.3 is 11.8 Å². The number of piperidine rings is 1. The van der Waals surface area contributed by atoms with E-state index in [1.54, 1.807) is 11.8 Å². The van der Waals surface area contributed by atoms with Crippen LogP contribution in [0.4, 0.5) is 5.69 Å². The van der Waals surface area contributed by atoms with Crippen molar-refractivity contribution in [1.29, 1.82) is 0 Å². The number of carbonyl (C=O) groups is 2. The molecule has 1 unspecified atom stereocenters. The second-order valence-electron chi connectivity index (χ2n) is 6.54. The third-order valence-corrected chi connectivity index (χ3v) is 4.43. The first-order valence-electron chi connectivity index (χ1n) is 8.42. The Bertz CT molecular complexity index is 799. The number of rotatable bonds is 2. The Hall–Kier alpha value is -2.70. The van der Waals surface area contributed by atoms with E-state index < -0.39 is 11.8 Å². The van der Waals surface area contributed by atoms with Gasteiger partial charge in [0.1, 0.15) is 0 Å². The van der Waals surface area contributed by atoms with Crippen molar-refractivity contribution in [2.45, 2.75) is 39.5 Å². The lowest BCUT2D eigenvalue weighted by Crippen LogP contribution is -2.44. The Morgan fingerprint density at radius 3 is 2.76 bits per heavy atom. The zero-order chi connectivity index (χ0) is 18.0. The molecule has 0 bridgehead atoms. The van der Waals surface area contributed by atoms with Crippen LogP contribution < -0.4 is 5.32 Å². The molecule has 1 atom stereocenters. The van der Waals surface area contributed by atoms with E-state index in [-0.39, 0.29) is 5.92 Å². The van der Waals surface area contributed by atoms with E-state index in [9.17, 15) is 9.59 Å². The molecule has 1 aromatic carbocycles. The van der Waals surface area contributed by atoms with Crippen molar-refractivity contribution in [2.24, 2.45) is 0 Å². The Morgan fingerprint density at radius 2 is 2.08 bits per heavy atom. The van der Waals surface area contributed by atoms with Gasteiger partial charge in [-0.15, -0.1) is 0 Å². The molecule has 7 nitrogen and oxygen atoms in total. The van der Waals surface area contributed by atoms with Crippen molar-refractivity contribution in [1.82, 2.24) is 15.0 Å². The smallest absolute Gasteiger partial charge is 0.313 e. The summed E-state index contributed by atoms with van der Waals surface area (Å²) in [4.78, 5) is 30.7. The second-order valence-corrected chi connectivity index (χ2v) is 6.54. The first-order chi connectivity index (χ1) is 11.9. The van der Waals surface area contributed by atoms with E-state index in [1.807, 2.05) is 32.0 Å². The Kier molecular flexibility index (Phi) is 4.83. The maximum absolute atomic E-state index is 12.5. The number of nitrogens with one attached hydrogen (secondary N) is 1. The minimum Gasteiger partial charge on any atom is -0.339 e. The Morgan fingerprint density at radius 1 is 1.28 bits per heavy atom. The lowest BCUT2D eigenvalue weighted by atomic mass is 9.98. The van der Waals surface area contributed by atoms with Crippen molar-refractivity contribution in [2.75, 3.05) is 18.4 Å². The summed E-state index contributed by atoms with van der Waals surface area (Å²) in [5, 5.41) is 6.51. The second kappa shape index (κ2) is 7.04. The van der Waals surface area contributed by atoms with E-state index in [2.05, 4.69) is 15.5 Å². The molecule has 0 aliphatic carbocycles. The zero-order valence-corrected chi connectivity index (χ0v) is 14.7. The molecule has 25 heavy (non-hydrogen) atoms. The summed E-state index contributed by atoms with van der Waals surface area (Å²) in [6.07, 6.45) is 1.67. The minimum atomic E-state index is -0.616. The van der Waals surface area contributed by atoms with E-state index in [0.29, 0.717) is 30.5 Å². The highest BCUT2D eigenvalue weighted by atomic mass is 16.5. The first kappa shape index (κ1) is 17.1. The molecule has 132 valence electrons. The number of carbonyl (C=O) groups excluding carboxylic acids is 2. The van der Waals surface area contributed by atoms with Crippen LogP contribution in [-0.2, 0) is 9.59 Å². The number of benzene rings is 1. The van der Waals surface area contributed by atoms with Gasteiger partial charge in [-0.05, 0) is 45.2 Å². The molecule has 2 heterocycles. The van der Waals surface area contributed by atoms with Crippen molar-refractivity contribution < 1.29 is 14.1 Å². The molecule has 1 fully saturated rings. The van der Waals surface area contributed by atoms with Gasteiger partial charge in [0.05, 0.1) is 5.92 Å². The molecule has 1 saturated heterocycles. The molecule has 0 radical (unpaired) electrons. The lowest BCUT2D eigenvalue weighted by molar-refractivity contribution is -0.144. The maximum atomic E-state index is 12.5. The van der Waals surface area contributed by atoms with Gasteiger partial charge in [0.2, 0.25) is 5.89 Å². The number of nitrogens with zero attached hydrogens (tertiary/aromatic N) is 3. The van der Waals surface area contributed by atoms with Crippen LogP contribution in [0.2, 0.25) is 0 Å². The van der Waals surface area contributed by atoms with Crippen LogP contribution in [0.15, 0.2) is 22.7 Å². The number of aryl methyl sites for hydroxylation is 3. The number of anilines is 1. The van der Waals surface area contributed by atoms with Gasteiger partial charge in [0.25, 0.3) is 0 Å². The number of aromatic nitrogens is 2. The van der Waals surface area contributed by atoms with Gasteiger partial charge in [-0.3, -0.25) is 9.59 Å². The number of amides is 2. The molecule has 2 aromatic rings. The fourth-order valence-corrected chi connectivity index (χ4v) is 3.12. The van der Waals surface area contributed by atoms with E-state index in [0.717, 1.165) is 24.0 Å². The largest absolute Gasteiger partial charge is 0.339 e. The zero-order valence-electron chi connectivity index (χ0n) is 14.7. The lowest BCUT2D eigenvalue weighted by Gasteiger charge is -2.30.